The largest absolute Gasteiger partial charge is 0.366 e. The Kier molecular flexibility index (Phi) is 6.76. The van der Waals surface area contributed by atoms with Gasteiger partial charge in [0.2, 0.25) is 5.91 Å². The van der Waals surface area contributed by atoms with Gasteiger partial charge in [-0.05, 0) is 12.1 Å². The van der Waals surface area contributed by atoms with Crippen LogP contribution in [0.5, 0.6) is 0 Å². The molecule has 0 spiro atoms. The summed E-state index contributed by atoms with van der Waals surface area (Å²) in [5.74, 6) is -0.379. The quantitative estimate of drug-likeness (QED) is 0.779. The molecule has 0 aromatic heterocycles. The number of nitrogens with zero attached hydrogens (tertiary/aromatic N) is 1. The Balaban J connectivity index is 0.000000180. The van der Waals surface area contributed by atoms with Crippen LogP contribution in [0.25, 0.3) is 0 Å². The summed E-state index contributed by atoms with van der Waals surface area (Å²) in [5.41, 5.74) is 5.53. The highest BCUT2D eigenvalue weighted by Gasteiger charge is 2.05. The average Bonchev–Trinajstić information content (AvgIpc) is 2.42. The molecule has 0 atom stereocenters. The molecule has 3 N–H and O–H groups in total. The van der Waals surface area contributed by atoms with Crippen LogP contribution in [-0.4, -0.2) is 43.5 Å². The fourth-order valence-electron chi connectivity index (χ4n) is 1.68. The van der Waals surface area contributed by atoms with E-state index in [1.807, 2.05) is 12.1 Å². The van der Waals surface area contributed by atoms with Gasteiger partial charge in [0, 0.05) is 38.3 Å². The lowest BCUT2D eigenvalue weighted by molar-refractivity contribution is 0.100. The van der Waals surface area contributed by atoms with E-state index in [1.54, 1.807) is 24.3 Å². The van der Waals surface area contributed by atoms with E-state index in [4.69, 9.17) is 5.73 Å². The third-order valence-corrected chi connectivity index (χ3v) is 2.66. The summed E-state index contributed by atoms with van der Waals surface area (Å²) < 4.78 is 0. The number of carbonyl (C=O) groups excluding carboxylic acids is 1. The van der Waals surface area contributed by atoms with Crippen molar-refractivity contribution < 1.29 is 4.79 Å². The van der Waals surface area contributed by atoms with Crippen LogP contribution in [0, 0.1) is 0 Å². The highest BCUT2D eigenvalue weighted by atomic mass is 16.1. The molecule has 0 radical (unpaired) electrons. The number of benzene rings is 1. The molecule has 98 valence electrons. The highest BCUT2D eigenvalue weighted by Crippen LogP contribution is 1.94. The van der Waals surface area contributed by atoms with Crippen molar-refractivity contribution in [1.82, 2.24) is 10.2 Å². The van der Waals surface area contributed by atoms with Crippen molar-refractivity contribution in [1.29, 1.82) is 0 Å². The molecule has 2 rings (SSSR count). The van der Waals surface area contributed by atoms with Crippen LogP contribution in [0.2, 0.25) is 0 Å². The lowest BCUT2D eigenvalue weighted by atomic mass is 10.2. The minimum Gasteiger partial charge on any atom is -0.366 e. The third kappa shape index (κ3) is 5.61. The maximum absolute atomic E-state index is 10.4. The second kappa shape index (κ2) is 8.44. The van der Waals surface area contributed by atoms with Gasteiger partial charge in [0.15, 0.2) is 0 Å². The maximum atomic E-state index is 10.4. The zero-order valence-corrected chi connectivity index (χ0v) is 10.6. The standard InChI is InChI=1S/C7H14N2.C7H7NO/c1-2-5-9-6-3-8-4-7-9;8-7(9)6-4-2-1-3-5-6/h2,8H,1,3-7H2;1-5H,(H2,8,9). The zero-order valence-electron chi connectivity index (χ0n) is 10.6. The molecular weight excluding hydrogens is 226 g/mol. The molecule has 1 amide bonds. The van der Waals surface area contributed by atoms with Gasteiger partial charge in [-0.1, -0.05) is 24.3 Å². The number of hydrogen-bond acceptors (Lipinski definition) is 3. The SMILES string of the molecule is C=CCN1CCNCC1.NC(=O)c1ccccc1. The summed E-state index contributed by atoms with van der Waals surface area (Å²) >= 11 is 0. The number of hydrogen-bond donors (Lipinski definition) is 2. The number of primary amides is 1. The Labute approximate surface area is 108 Å². The molecule has 0 bridgehead atoms. The second-order valence-electron chi connectivity index (χ2n) is 4.07. The van der Waals surface area contributed by atoms with Crippen molar-refractivity contribution in [2.24, 2.45) is 5.73 Å². The van der Waals surface area contributed by atoms with Gasteiger partial charge >= 0.3 is 0 Å². The molecule has 1 aliphatic rings. The summed E-state index contributed by atoms with van der Waals surface area (Å²) in [6.45, 7) is 9.35. The number of nitrogens with two attached hydrogens (primary N) is 1. The summed E-state index contributed by atoms with van der Waals surface area (Å²) in [6, 6.07) is 8.76. The van der Waals surface area contributed by atoms with E-state index in [9.17, 15) is 4.79 Å². The topological polar surface area (TPSA) is 58.4 Å². The van der Waals surface area contributed by atoms with Gasteiger partial charge in [-0.2, -0.15) is 0 Å². The van der Waals surface area contributed by atoms with Crippen molar-refractivity contribution in [2.75, 3.05) is 32.7 Å². The van der Waals surface area contributed by atoms with Crippen molar-refractivity contribution in [3.05, 3.63) is 48.6 Å². The van der Waals surface area contributed by atoms with E-state index in [-0.39, 0.29) is 5.91 Å². The van der Waals surface area contributed by atoms with Crippen LogP contribution in [0.15, 0.2) is 43.0 Å². The first kappa shape index (κ1) is 14.4. The average molecular weight is 247 g/mol. The van der Waals surface area contributed by atoms with Gasteiger partial charge in [0.05, 0.1) is 0 Å². The number of carbonyl (C=O) groups is 1. The molecule has 0 aliphatic carbocycles. The lowest BCUT2D eigenvalue weighted by Crippen LogP contribution is -2.43. The first-order valence-corrected chi connectivity index (χ1v) is 6.13. The monoisotopic (exact) mass is 247 g/mol. The lowest BCUT2D eigenvalue weighted by Gasteiger charge is -2.25. The van der Waals surface area contributed by atoms with E-state index in [0.717, 1.165) is 19.6 Å². The van der Waals surface area contributed by atoms with E-state index < -0.39 is 0 Å². The predicted octanol–water partition coefficient (Wildman–Crippen LogP) is 0.863. The van der Waals surface area contributed by atoms with Gasteiger partial charge < -0.3 is 11.1 Å². The van der Waals surface area contributed by atoms with Crippen LogP contribution in [0.3, 0.4) is 0 Å². The molecule has 1 aromatic carbocycles. The van der Waals surface area contributed by atoms with Crippen LogP contribution in [0.1, 0.15) is 10.4 Å². The summed E-state index contributed by atoms with van der Waals surface area (Å²) in [5, 5.41) is 3.30. The van der Waals surface area contributed by atoms with Crippen LogP contribution in [-0.2, 0) is 0 Å². The fourth-order valence-corrected chi connectivity index (χ4v) is 1.68. The van der Waals surface area contributed by atoms with Gasteiger partial charge in [0.25, 0.3) is 0 Å². The number of amides is 1. The molecule has 1 saturated heterocycles. The summed E-state index contributed by atoms with van der Waals surface area (Å²) in [4.78, 5) is 12.8. The first-order valence-electron chi connectivity index (χ1n) is 6.13. The molecule has 0 saturated carbocycles. The Hall–Kier alpha value is -1.65. The molecule has 0 unspecified atom stereocenters. The Morgan fingerprint density at radius 1 is 1.33 bits per heavy atom. The van der Waals surface area contributed by atoms with Crippen LogP contribution < -0.4 is 11.1 Å². The second-order valence-corrected chi connectivity index (χ2v) is 4.07. The zero-order chi connectivity index (χ0) is 13.2. The Morgan fingerprint density at radius 3 is 2.39 bits per heavy atom. The fraction of sp³-hybridized carbons (Fsp3) is 0.357. The molecule has 4 nitrogen and oxygen atoms in total. The molecule has 1 fully saturated rings. The van der Waals surface area contributed by atoms with Crippen molar-refractivity contribution in [3.8, 4) is 0 Å². The Morgan fingerprint density at radius 2 is 1.94 bits per heavy atom. The van der Waals surface area contributed by atoms with E-state index in [2.05, 4.69) is 16.8 Å². The van der Waals surface area contributed by atoms with Crippen LogP contribution in [0.4, 0.5) is 0 Å². The van der Waals surface area contributed by atoms with Crippen molar-refractivity contribution in [2.45, 2.75) is 0 Å². The van der Waals surface area contributed by atoms with E-state index in [1.165, 1.54) is 13.1 Å². The number of piperazine rings is 1. The predicted molar refractivity (Wildman–Crippen MR) is 74.5 cm³/mol. The highest BCUT2D eigenvalue weighted by molar-refractivity contribution is 5.92. The maximum Gasteiger partial charge on any atom is 0.248 e. The molecular formula is C14H21N3O. The third-order valence-electron chi connectivity index (χ3n) is 2.66. The minimum absolute atomic E-state index is 0.379. The number of rotatable bonds is 3. The molecule has 1 heterocycles. The van der Waals surface area contributed by atoms with E-state index in [0.29, 0.717) is 5.56 Å². The smallest absolute Gasteiger partial charge is 0.248 e. The van der Waals surface area contributed by atoms with Crippen molar-refractivity contribution in [3.63, 3.8) is 0 Å². The first-order chi connectivity index (χ1) is 8.74. The summed E-state index contributed by atoms with van der Waals surface area (Å²) in [7, 11) is 0. The van der Waals surface area contributed by atoms with Gasteiger partial charge in [-0.3, -0.25) is 9.69 Å². The van der Waals surface area contributed by atoms with E-state index >= 15 is 0 Å². The number of nitrogens with one attached hydrogen (secondary N) is 1. The summed E-state index contributed by atoms with van der Waals surface area (Å²) in [6.07, 6.45) is 1.96. The molecule has 4 heteroatoms. The van der Waals surface area contributed by atoms with Gasteiger partial charge in [0.1, 0.15) is 0 Å². The van der Waals surface area contributed by atoms with Crippen molar-refractivity contribution >= 4 is 5.91 Å². The van der Waals surface area contributed by atoms with Crippen LogP contribution >= 0.6 is 0 Å². The molecule has 18 heavy (non-hydrogen) atoms. The molecule has 1 aromatic rings. The van der Waals surface area contributed by atoms with Gasteiger partial charge in [-0.15, -0.1) is 6.58 Å². The normalized spacial score (nSPS) is 15.3. The Bertz CT molecular complexity index is 359. The molecule has 1 aliphatic heterocycles. The van der Waals surface area contributed by atoms with Gasteiger partial charge in [-0.25, -0.2) is 0 Å². The minimum atomic E-state index is -0.379.